The number of hydrogen-bond acceptors (Lipinski definition) is 6. The van der Waals surface area contributed by atoms with E-state index in [0.717, 1.165) is 16.7 Å². The molecule has 9 heteroatoms. The summed E-state index contributed by atoms with van der Waals surface area (Å²) in [5, 5.41) is 0.460. The van der Waals surface area contributed by atoms with Crippen molar-refractivity contribution in [2.24, 2.45) is 0 Å². The maximum Gasteiger partial charge on any atom is 0.293 e. The van der Waals surface area contributed by atoms with Crippen LogP contribution in [0.1, 0.15) is 5.56 Å². The predicted octanol–water partition coefficient (Wildman–Crippen LogP) is 5.13. The molecular weight excluding hydrogens is 437 g/mol. The van der Waals surface area contributed by atoms with E-state index in [-0.39, 0.29) is 23.3 Å². The van der Waals surface area contributed by atoms with Gasteiger partial charge in [-0.3, -0.25) is 14.5 Å². The molecule has 0 spiro atoms. The zero-order valence-corrected chi connectivity index (χ0v) is 17.9. The molecule has 1 fully saturated rings. The summed E-state index contributed by atoms with van der Waals surface area (Å²) in [4.78, 5) is 26.3. The molecule has 1 aliphatic heterocycles. The van der Waals surface area contributed by atoms with Gasteiger partial charge in [-0.2, -0.15) is 0 Å². The molecule has 0 aromatic heterocycles. The Morgan fingerprint density at radius 1 is 1.00 bits per heavy atom. The lowest BCUT2D eigenvalue weighted by atomic mass is 10.1. The van der Waals surface area contributed by atoms with Crippen LogP contribution < -0.4 is 14.2 Å². The quantitative estimate of drug-likeness (QED) is 0.541. The number of ether oxygens (including phenoxy) is 3. The average Bonchev–Trinajstić information content (AvgIpc) is 2.97. The third-order valence-corrected chi connectivity index (χ3v) is 5.62. The van der Waals surface area contributed by atoms with Gasteiger partial charge in [0.25, 0.3) is 11.1 Å². The highest BCUT2D eigenvalue weighted by Crippen LogP contribution is 2.37. The third kappa shape index (κ3) is 4.80. The Kier molecular flexibility index (Phi) is 6.95. The molecule has 6 nitrogen and oxygen atoms in total. The van der Waals surface area contributed by atoms with Crippen molar-refractivity contribution < 1.29 is 23.8 Å². The van der Waals surface area contributed by atoms with Crippen molar-refractivity contribution in [3.05, 3.63) is 56.9 Å². The highest BCUT2D eigenvalue weighted by atomic mass is 35.5. The van der Waals surface area contributed by atoms with Gasteiger partial charge >= 0.3 is 0 Å². The van der Waals surface area contributed by atoms with E-state index in [1.54, 1.807) is 42.5 Å². The van der Waals surface area contributed by atoms with Crippen molar-refractivity contribution in [1.29, 1.82) is 0 Å². The number of carbonyl (C=O) groups excluding carboxylic acids is 2. The number of hydrogen-bond donors (Lipinski definition) is 0. The Bertz CT molecular complexity index is 979. The third-order valence-electron chi connectivity index (χ3n) is 4.07. The summed E-state index contributed by atoms with van der Waals surface area (Å²) in [5.74, 6) is 1.03. The van der Waals surface area contributed by atoms with Crippen LogP contribution in [-0.2, 0) is 4.79 Å². The Balaban J connectivity index is 1.72. The molecule has 0 unspecified atom stereocenters. The standard InChI is InChI=1S/C20H17Cl2NO5S/c1-26-16-9-12(14(22)11-17(16)27-2)10-18-19(24)23(20(25)29-18)7-8-28-15-6-4-3-5-13(15)21/h3-6,9-11H,7-8H2,1-2H3/b18-10-. The Morgan fingerprint density at radius 3 is 2.38 bits per heavy atom. The van der Waals surface area contributed by atoms with Crippen molar-refractivity contribution >= 4 is 52.2 Å². The van der Waals surface area contributed by atoms with Crippen LogP contribution >= 0.6 is 35.0 Å². The molecule has 29 heavy (non-hydrogen) atoms. The molecule has 2 aromatic carbocycles. The van der Waals surface area contributed by atoms with Crippen molar-refractivity contribution in [1.82, 2.24) is 4.90 Å². The fourth-order valence-corrected chi connectivity index (χ4v) is 3.88. The normalized spacial score (nSPS) is 15.2. The fraction of sp³-hybridized carbons (Fsp3) is 0.200. The van der Waals surface area contributed by atoms with E-state index in [4.69, 9.17) is 37.4 Å². The topological polar surface area (TPSA) is 65.1 Å². The SMILES string of the molecule is COc1cc(Cl)c(/C=C2\SC(=O)N(CCOc3ccccc3Cl)C2=O)cc1OC. The van der Waals surface area contributed by atoms with Crippen molar-refractivity contribution in [2.75, 3.05) is 27.4 Å². The van der Waals surface area contributed by atoms with Crippen molar-refractivity contribution in [3.8, 4) is 17.2 Å². The predicted molar refractivity (Wildman–Crippen MR) is 114 cm³/mol. The largest absolute Gasteiger partial charge is 0.493 e. The van der Waals surface area contributed by atoms with Crippen LogP contribution in [0, 0.1) is 0 Å². The Hall–Kier alpha value is -2.35. The van der Waals surface area contributed by atoms with Gasteiger partial charge in [0.15, 0.2) is 11.5 Å². The van der Waals surface area contributed by atoms with Gasteiger partial charge in [0.1, 0.15) is 12.4 Å². The van der Waals surface area contributed by atoms with E-state index in [2.05, 4.69) is 0 Å². The Morgan fingerprint density at radius 2 is 1.69 bits per heavy atom. The van der Waals surface area contributed by atoms with Crippen LogP contribution in [0.5, 0.6) is 17.2 Å². The number of methoxy groups -OCH3 is 2. The first kappa shape index (κ1) is 21.4. The lowest BCUT2D eigenvalue weighted by Gasteiger charge is -2.14. The highest BCUT2D eigenvalue weighted by molar-refractivity contribution is 8.18. The van der Waals surface area contributed by atoms with E-state index in [0.29, 0.717) is 32.9 Å². The van der Waals surface area contributed by atoms with Gasteiger partial charge in [-0.15, -0.1) is 0 Å². The molecule has 1 aliphatic rings. The summed E-state index contributed by atoms with van der Waals surface area (Å²) in [7, 11) is 3.01. The molecule has 0 atom stereocenters. The number of imide groups is 1. The van der Waals surface area contributed by atoms with E-state index in [9.17, 15) is 9.59 Å². The number of para-hydroxylation sites is 1. The van der Waals surface area contributed by atoms with Gasteiger partial charge in [0.05, 0.1) is 35.7 Å². The maximum atomic E-state index is 12.7. The van der Waals surface area contributed by atoms with E-state index >= 15 is 0 Å². The van der Waals surface area contributed by atoms with Gasteiger partial charge in [-0.05, 0) is 41.6 Å². The van der Waals surface area contributed by atoms with E-state index in [1.807, 2.05) is 0 Å². The average molecular weight is 454 g/mol. The minimum atomic E-state index is -0.409. The maximum absolute atomic E-state index is 12.7. The second-order valence-corrected chi connectivity index (χ2v) is 7.65. The summed E-state index contributed by atoms with van der Waals surface area (Å²) in [6.07, 6.45) is 1.56. The number of amides is 2. The van der Waals surface area contributed by atoms with Crippen LogP contribution in [0.25, 0.3) is 6.08 Å². The molecule has 0 radical (unpaired) electrons. The first-order valence-corrected chi connectivity index (χ1v) is 10.1. The molecule has 0 N–H and O–H groups in total. The van der Waals surface area contributed by atoms with Gasteiger partial charge in [0.2, 0.25) is 0 Å². The van der Waals surface area contributed by atoms with Crippen LogP contribution in [0.2, 0.25) is 10.0 Å². The molecule has 0 saturated carbocycles. The highest BCUT2D eigenvalue weighted by Gasteiger charge is 2.35. The van der Waals surface area contributed by atoms with Gasteiger partial charge in [0, 0.05) is 6.07 Å². The molecule has 1 saturated heterocycles. The lowest BCUT2D eigenvalue weighted by Crippen LogP contribution is -2.32. The van der Waals surface area contributed by atoms with Crippen molar-refractivity contribution in [2.45, 2.75) is 0 Å². The smallest absolute Gasteiger partial charge is 0.293 e. The first-order valence-electron chi connectivity index (χ1n) is 8.48. The number of carbonyl (C=O) groups is 2. The minimum absolute atomic E-state index is 0.104. The molecule has 0 bridgehead atoms. The van der Waals surface area contributed by atoms with Crippen LogP contribution in [0.3, 0.4) is 0 Å². The molecule has 0 aliphatic carbocycles. The number of benzene rings is 2. The van der Waals surface area contributed by atoms with Gasteiger partial charge in [-0.1, -0.05) is 35.3 Å². The molecule has 2 amide bonds. The first-order chi connectivity index (χ1) is 13.9. The fourth-order valence-electron chi connectivity index (χ4n) is 2.62. The number of thioether (sulfide) groups is 1. The molecular formula is C20H17Cl2NO5S. The molecule has 1 heterocycles. The summed E-state index contributed by atoms with van der Waals surface area (Å²) >= 11 is 13.1. The van der Waals surface area contributed by atoms with Gasteiger partial charge < -0.3 is 14.2 Å². The molecule has 2 aromatic rings. The van der Waals surface area contributed by atoms with Crippen LogP contribution in [0.4, 0.5) is 4.79 Å². The summed E-state index contributed by atoms with van der Waals surface area (Å²) < 4.78 is 16.0. The summed E-state index contributed by atoms with van der Waals surface area (Å²) in [5.41, 5.74) is 0.544. The second kappa shape index (κ2) is 9.43. The molecule has 3 rings (SSSR count). The summed E-state index contributed by atoms with van der Waals surface area (Å²) in [6, 6.07) is 10.2. The summed E-state index contributed by atoms with van der Waals surface area (Å²) in [6.45, 7) is 0.235. The second-order valence-electron chi connectivity index (χ2n) is 5.84. The Labute approximate surface area is 182 Å². The van der Waals surface area contributed by atoms with E-state index < -0.39 is 5.91 Å². The number of nitrogens with zero attached hydrogens (tertiary/aromatic N) is 1. The van der Waals surface area contributed by atoms with Crippen molar-refractivity contribution in [3.63, 3.8) is 0 Å². The van der Waals surface area contributed by atoms with Crippen LogP contribution in [-0.4, -0.2) is 43.4 Å². The number of rotatable bonds is 7. The minimum Gasteiger partial charge on any atom is -0.493 e. The van der Waals surface area contributed by atoms with Gasteiger partial charge in [-0.25, -0.2) is 0 Å². The van der Waals surface area contributed by atoms with Crippen LogP contribution in [0.15, 0.2) is 41.3 Å². The lowest BCUT2D eigenvalue weighted by molar-refractivity contribution is -0.123. The zero-order chi connectivity index (χ0) is 21.0. The number of halogens is 2. The monoisotopic (exact) mass is 453 g/mol. The zero-order valence-electron chi connectivity index (χ0n) is 15.6. The molecule has 152 valence electrons. The van der Waals surface area contributed by atoms with E-state index in [1.165, 1.54) is 14.2 Å².